The van der Waals surface area contributed by atoms with Crippen LogP contribution in [-0.2, 0) is 37.9 Å². The average molecular weight is 618 g/mol. The van der Waals surface area contributed by atoms with Gasteiger partial charge in [0.2, 0.25) is 5.79 Å². The minimum absolute atomic E-state index is 0.000304. The van der Waals surface area contributed by atoms with E-state index in [9.17, 15) is 18.3 Å². The molecule has 1 saturated heterocycles. The molecule has 2 aliphatic carbocycles. The van der Waals surface area contributed by atoms with Crippen LogP contribution in [0.1, 0.15) is 124 Å². The molecule has 1 aromatic carbocycles. The summed E-state index contributed by atoms with van der Waals surface area (Å²) in [7, 11) is -2.23. The van der Waals surface area contributed by atoms with Crippen molar-refractivity contribution in [2.45, 2.75) is 127 Å². The first-order valence-corrected chi connectivity index (χ1v) is 18.8. The predicted molar refractivity (Wildman–Crippen MR) is 161 cm³/mol. The molecule has 3 heterocycles. The van der Waals surface area contributed by atoms with Gasteiger partial charge in [-0.15, -0.1) is 0 Å². The molecule has 5 nitrogen and oxygen atoms in total. The van der Waals surface area contributed by atoms with Crippen LogP contribution in [-0.4, -0.2) is 31.6 Å². The molecule has 0 amide bonds. The Morgan fingerprint density at radius 1 is 1.00 bits per heavy atom. The van der Waals surface area contributed by atoms with Crippen LogP contribution in [0.5, 0.6) is 0 Å². The van der Waals surface area contributed by atoms with Gasteiger partial charge in [-0.25, -0.2) is 0 Å². The maximum Gasteiger partial charge on any atom is 0.416 e. The van der Waals surface area contributed by atoms with Crippen molar-refractivity contribution >= 4 is 8.32 Å². The van der Waals surface area contributed by atoms with Gasteiger partial charge in [-0.05, 0) is 67.3 Å². The number of halogens is 3. The summed E-state index contributed by atoms with van der Waals surface area (Å²) < 4.78 is 60.5. The molecule has 1 aromatic heterocycles. The number of pyridine rings is 1. The fraction of sp³-hybridized carbons (Fsp3) is 0.676. The normalized spacial score (nSPS) is 26.5. The van der Waals surface area contributed by atoms with Crippen molar-refractivity contribution in [3.05, 3.63) is 63.5 Å². The standard InChI is InChI=1S/C34H46F3NO4Si/c1-21(2)29-28-27(26-24(38-29)19-31(13-8-14-31)20-25(26)41-43(6,7)30(3,4)5)32(15-17-40-18-16-32)42-33(28,39)22-9-11-23(12-10-22)34(35,36)37/h9-12,21,25,39H,8,13-20H2,1-7H3/t25-,33?/m0/s1. The van der Waals surface area contributed by atoms with E-state index in [1.165, 1.54) is 18.6 Å². The SMILES string of the molecule is CC(C)c1nc2c(c3c1C(O)(c1ccc(C(F)(F)F)cc1)OC31CCOCC1)[C@@H](O[Si](C)(C)C(C)(C)C)CC1(CCC1)C2. The molecule has 6 rings (SSSR count). The van der Waals surface area contributed by atoms with Crippen LogP contribution in [0.25, 0.3) is 0 Å². The second kappa shape index (κ2) is 10.1. The Morgan fingerprint density at radius 3 is 2.14 bits per heavy atom. The van der Waals surface area contributed by atoms with Gasteiger partial charge in [0.05, 0.1) is 17.4 Å². The molecule has 0 radical (unpaired) electrons. The quantitative estimate of drug-likeness (QED) is 0.348. The summed E-state index contributed by atoms with van der Waals surface area (Å²) in [5, 5.41) is 12.6. The highest BCUT2D eigenvalue weighted by Crippen LogP contribution is 2.62. The van der Waals surface area contributed by atoms with Crippen molar-refractivity contribution in [1.82, 2.24) is 4.98 Å². The number of ether oxygens (including phenoxy) is 2. The molecule has 9 heteroatoms. The lowest BCUT2D eigenvalue weighted by Gasteiger charge is -2.51. The Hall–Kier alpha value is -1.78. The van der Waals surface area contributed by atoms with Crippen LogP contribution in [0.15, 0.2) is 24.3 Å². The van der Waals surface area contributed by atoms with E-state index in [1.807, 2.05) is 0 Å². The second-order valence-corrected chi connectivity index (χ2v) is 20.0. The number of aromatic nitrogens is 1. The van der Waals surface area contributed by atoms with E-state index >= 15 is 0 Å². The molecule has 0 bridgehead atoms. The maximum absolute atomic E-state index is 13.5. The zero-order valence-electron chi connectivity index (χ0n) is 26.6. The van der Waals surface area contributed by atoms with E-state index in [1.54, 1.807) is 0 Å². The van der Waals surface area contributed by atoms with Gasteiger partial charge in [0.1, 0.15) is 5.60 Å². The summed E-state index contributed by atoms with van der Waals surface area (Å²) in [6, 6.07) is 4.74. The molecule has 2 fully saturated rings. The number of alkyl halides is 3. The number of nitrogens with zero attached hydrogens (tertiary/aromatic N) is 1. The third-order valence-electron chi connectivity index (χ3n) is 11.1. The molecule has 2 spiro atoms. The lowest BCUT2D eigenvalue weighted by Crippen LogP contribution is -2.47. The molecule has 43 heavy (non-hydrogen) atoms. The predicted octanol–water partition coefficient (Wildman–Crippen LogP) is 8.63. The maximum atomic E-state index is 13.5. The summed E-state index contributed by atoms with van der Waals surface area (Å²) >= 11 is 0. The first-order chi connectivity index (χ1) is 19.9. The van der Waals surface area contributed by atoms with Gasteiger partial charge in [0.15, 0.2) is 8.32 Å². The minimum atomic E-state index is -4.48. The third-order valence-corrected chi connectivity index (χ3v) is 15.6. The van der Waals surface area contributed by atoms with E-state index in [0.717, 1.165) is 60.3 Å². The minimum Gasteiger partial charge on any atom is -0.410 e. The number of benzene rings is 1. The van der Waals surface area contributed by atoms with Crippen LogP contribution in [0.4, 0.5) is 13.2 Å². The average Bonchev–Trinajstić information content (AvgIpc) is 3.14. The van der Waals surface area contributed by atoms with Gasteiger partial charge in [-0.1, -0.05) is 53.2 Å². The molecular weight excluding hydrogens is 571 g/mol. The van der Waals surface area contributed by atoms with E-state index < -0.39 is 31.4 Å². The van der Waals surface area contributed by atoms with E-state index in [4.69, 9.17) is 18.9 Å². The Labute approximate surface area is 254 Å². The molecule has 4 aliphatic rings. The van der Waals surface area contributed by atoms with Gasteiger partial charge < -0.3 is 19.0 Å². The van der Waals surface area contributed by atoms with Crippen LogP contribution in [0.3, 0.4) is 0 Å². The lowest BCUT2D eigenvalue weighted by atomic mass is 9.58. The molecule has 236 valence electrons. The summed E-state index contributed by atoms with van der Waals surface area (Å²) in [6.07, 6.45) is 1.71. The summed E-state index contributed by atoms with van der Waals surface area (Å²) in [5.41, 5.74) is 3.21. The number of fused-ring (bicyclic) bond motifs is 4. The largest absolute Gasteiger partial charge is 0.416 e. The van der Waals surface area contributed by atoms with Gasteiger partial charge in [0, 0.05) is 54.0 Å². The molecule has 2 atom stereocenters. The third kappa shape index (κ3) is 5.02. The number of hydrogen-bond donors (Lipinski definition) is 1. The van der Waals surface area contributed by atoms with Crippen molar-refractivity contribution in [3.63, 3.8) is 0 Å². The van der Waals surface area contributed by atoms with Gasteiger partial charge >= 0.3 is 6.18 Å². The highest BCUT2D eigenvalue weighted by molar-refractivity contribution is 6.74. The Kier molecular flexibility index (Phi) is 7.34. The molecule has 2 aromatic rings. The van der Waals surface area contributed by atoms with Gasteiger partial charge in [-0.3, -0.25) is 4.98 Å². The lowest BCUT2D eigenvalue weighted by molar-refractivity contribution is -0.251. The van der Waals surface area contributed by atoms with E-state index in [0.29, 0.717) is 31.6 Å². The van der Waals surface area contributed by atoms with Crippen LogP contribution < -0.4 is 0 Å². The summed E-state index contributed by atoms with van der Waals surface area (Å²) in [6.45, 7) is 16.4. The monoisotopic (exact) mass is 617 g/mol. The Bertz CT molecular complexity index is 1390. The van der Waals surface area contributed by atoms with Crippen LogP contribution in [0.2, 0.25) is 18.1 Å². The smallest absolute Gasteiger partial charge is 0.410 e. The molecule has 2 aliphatic heterocycles. The van der Waals surface area contributed by atoms with Crippen molar-refractivity contribution in [2.24, 2.45) is 5.41 Å². The van der Waals surface area contributed by atoms with Crippen LogP contribution in [0, 0.1) is 5.41 Å². The number of aliphatic hydroxyl groups is 1. The summed E-state index contributed by atoms with van der Waals surface area (Å²) in [5.74, 6) is -2.00. The van der Waals surface area contributed by atoms with Crippen molar-refractivity contribution < 1.29 is 32.2 Å². The highest BCUT2D eigenvalue weighted by Gasteiger charge is 2.60. The fourth-order valence-electron chi connectivity index (χ4n) is 7.52. The van der Waals surface area contributed by atoms with E-state index in [-0.39, 0.29) is 28.0 Å². The topological polar surface area (TPSA) is 60.8 Å². The zero-order valence-corrected chi connectivity index (χ0v) is 27.6. The second-order valence-electron chi connectivity index (χ2n) is 15.3. The molecule has 1 N–H and O–H groups in total. The van der Waals surface area contributed by atoms with Crippen molar-refractivity contribution in [1.29, 1.82) is 0 Å². The van der Waals surface area contributed by atoms with Crippen molar-refractivity contribution in [2.75, 3.05) is 13.2 Å². The van der Waals surface area contributed by atoms with Gasteiger partial charge in [-0.2, -0.15) is 13.2 Å². The molecule has 1 unspecified atom stereocenters. The molecular formula is C34H46F3NO4Si. The Balaban J connectivity index is 1.61. The van der Waals surface area contributed by atoms with E-state index in [2.05, 4.69) is 47.7 Å². The highest BCUT2D eigenvalue weighted by atomic mass is 28.4. The number of rotatable bonds is 4. The van der Waals surface area contributed by atoms with Crippen molar-refractivity contribution in [3.8, 4) is 0 Å². The number of hydrogen-bond acceptors (Lipinski definition) is 5. The molecule has 1 saturated carbocycles. The first-order valence-electron chi connectivity index (χ1n) is 15.8. The summed E-state index contributed by atoms with van der Waals surface area (Å²) in [4.78, 5) is 5.34. The zero-order chi connectivity index (χ0) is 31.2. The Morgan fingerprint density at radius 2 is 1.63 bits per heavy atom. The van der Waals surface area contributed by atoms with Crippen LogP contribution >= 0.6 is 0 Å². The fourth-order valence-corrected chi connectivity index (χ4v) is 8.79. The van der Waals surface area contributed by atoms with Gasteiger partial charge in [0.25, 0.3) is 0 Å². The first kappa shape index (κ1) is 31.2.